The van der Waals surface area contributed by atoms with E-state index in [9.17, 15) is 22.4 Å². The zero-order chi connectivity index (χ0) is 14.7. The Kier molecular flexibility index (Phi) is 4.52. The molecule has 1 amide bonds. The van der Waals surface area contributed by atoms with Crippen molar-refractivity contribution in [3.63, 3.8) is 0 Å². The molecule has 106 valence electrons. The Bertz CT molecular complexity index is 435. The van der Waals surface area contributed by atoms with Gasteiger partial charge in [-0.25, -0.2) is 0 Å². The molecule has 0 heterocycles. The predicted octanol–water partition coefficient (Wildman–Crippen LogP) is 2.74. The number of hydrogen-bond acceptors (Lipinski definition) is 2. The van der Waals surface area contributed by atoms with Gasteiger partial charge in [0.15, 0.2) is 0 Å². The maximum atomic E-state index is 13.5. The van der Waals surface area contributed by atoms with Crippen LogP contribution in [-0.2, 0) is 9.53 Å². The lowest BCUT2D eigenvalue weighted by atomic mass is 10.1. The first-order chi connectivity index (χ1) is 8.72. The van der Waals surface area contributed by atoms with Crippen LogP contribution in [0.4, 0.5) is 17.6 Å². The van der Waals surface area contributed by atoms with E-state index >= 15 is 0 Å². The molecule has 1 aromatic rings. The van der Waals surface area contributed by atoms with Gasteiger partial charge in [-0.1, -0.05) is 30.3 Å². The number of ether oxygens (including phenoxy) is 1. The third-order valence-electron chi connectivity index (χ3n) is 2.59. The molecular weight excluding hydrogens is 266 g/mol. The lowest BCUT2D eigenvalue weighted by Gasteiger charge is -2.26. The van der Waals surface area contributed by atoms with Crippen molar-refractivity contribution < 1.29 is 27.1 Å². The normalized spacial score (nSPS) is 16.5. The second-order valence-corrected chi connectivity index (χ2v) is 3.90. The minimum absolute atomic E-state index is 0.486. The summed E-state index contributed by atoms with van der Waals surface area (Å²) in [5.74, 6) is -6.23. The van der Waals surface area contributed by atoms with Crippen molar-refractivity contribution in [3.8, 4) is 0 Å². The van der Waals surface area contributed by atoms with Gasteiger partial charge in [-0.2, -0.15) is 17.6 Å². The molecule has 0 fully saturated rings. The first-order valence-corrected chi connectivity index (χ1v) is 5.39. The van der Waals surface area contributed by atoms with Gasteiger partial charge >= 0.3 is 12.0 Å². The summed E-state index contributed by atoms with van der Waals surface area (Å²) in [6.45, 7) is 1.44. The number of carbonyl (C=O) groups excluding carboxylic acids is 1. The van der Waals surface area contributed by atoms with E-state index in [1.165, 1.54) is 6.92 Å². The van der Waals surface area contributed by atoms with E-state index in [0.29, 0.717) is 12.7 Å². The Morgan fingerprint density at radius 1 is 1.21 bits per heavy atom. The molecule has 0 saturated carbocycles. The van der Waals surface area contributed by atoms with Gasteiger partial charge in [0.1, 0.15) is 0 Å². The van der Waals surface area contributed by atoms with Gasteiger partial charge in [0.25, 0.3) is 5.91 Å². The minimum atomic E-state index is -5.44. The molecule has 0 saturated heterocycles. The monoisotopic (exact) mass is 279 g/mol. The second kappa shape index (κ2) is 5.56. The molecule has 1 N–H and O–H groups in total. The third-order valence-corrected chi connectivity index (χ3v) is 2.59. The number of rotatable bonds is 4. The molecule has 0 aliphatic carbocycles. The second-order valence-electron chi connectivity index (χ2n) is 3.90. The lowest BCUT2D eigenvalue weighted by Crippen LogP contribution is -2.55. The van der Waals surface area contributed by atoms with Crippen LogP contribution in [0.15, 0.2) is 30.3 Å². The Morgan fingerprint density at radius 2 is 1.74 bits per heavy atom. The van der Waals surface area contributed by atoms with Gasteiger partial charge in [0.2, 0.25) is 0 Å². The highest BCUT2D eigenvalue weighted by Gasteiger charge is 2.63. The first-order valence-electron chi connectivity index (χ1n) is 5.39. The van der Waals surface area contributed by atoms with E-state index in [4.69, 9.17) is 0 Å². The van der Waals surface area contributed by atoms with Crippen molar-refractivity contribution in [1.29, 1.82) is 0 Å². The fourth-order valence-electron chi connectivity index (χ4n) is 1.45. The SMILES string of the molecule is COC(F)(C(=O)N[C@@H](C)c1ccccc1)C(F)(F)F. The molecule has 0 aliphatic heterocycles. The molecule has 1 rings (SSSR count). The van der Waals surface area contributed by atoms with E-state index in [1.54, 1.807) is 30.3 Å². The van der Waals surface area contributed by atoms with Crippen LogP contribution in [0.5, 0.6) is 0 Å². The van der Waals surface area contributed by atoms with Gasteiger partial charge in [-0.15, -0.1) is 0 Å². The molecular formula is C12H13F4NO2. The average molecular weight is 279 g/mol. The van der Waals surface area contributed by atoms with Crippen LogP contribution >= 0.6 is 0 Å². The average Bonchev–Trinajstić information content (AvgIpc) is 2.37. The van der Waals surface area contributed by atoms with Gasteiger partial charge in [0, 0.05) is 7.11 Å². The van der Waals surface area contributed by atoms with Gasteiger partial charge in [-0.3, -0.25) is 4.79 Å². The summed E-state index contributed by atoms with van der Waals surface area (Å²) >= 11 is 0. The van der Waals surface area contributed by atoms with Crippen LogP contribution in [0, 0.1) is 0 Å². The van der Waals surface area contributed by atoms with Crippen molar-refractivity contribution in [2.24, 2.45) is 0 Å². The van der Waals surface area contributed by atoms with Crippen LogP contribution in [0.25, 0.3) is 0 Å². The van der Waals surface area contributed by atoms with Crippen LogP contribution < -0.4 is 5.32 Å². The summed E-state index contributed by atoms with van der Waals surface area (Å²) in [6, 6.07) is 7.45. The van der Waals surface area contributed by atoms with Crippen LogP contribution in [0.2, 0.25) is 0 Å². The summed E-state index contributed by atoms with van der Waals surface area (Å²) in [6.07, 6.45) is -5.44. The fraction of sp³-hybridized carbons (Fsp3) is 0.417. The summed E-state index contributed by atoms with van der Waals surface area (Å²) in [5, 5.41) is 1.94. The number of methoxy groups -OCH3 is 1. The smallest absolute Gasteiger partial charge is 0.344 e. The van der Waals surface area contributed by atoms with Gasteiger partial charge < -0.3 is 10.1 Å². The number of hydrogen-bond donors (Lipinski definition) is 1. The molecule has 7 heteroatoms. The van der Waals surface area contributed by atoms with Gasteiger partial charge in [-0.05, 0) is 12.5 Å². The van der Waals surface area contributed by atoms with E-state index in [0.717, 1.165) is 0 Å². The topological polar surface area (TPSA) is 38.3 Å². The zero-order valence-corrected chi connectivity index (χ0v) is 10.3. The first kappa shape index (κ1) is 15.4. The number of alkyl halides is 4. The predicted molar refractivity (Wildman–Crippen MR) is 59.9 cm³/mol. The molecule has 2 atom stereocenters. The van der Waals surface area contributed by atoms with Crippen LogP contribution in [0.1, 0.15) is 18.5 Å². The van der Waals surface area contributed by atoms with Crippen molar-refractivity contribution in [1.82, 2.24) is 5.32 Å². The van der Waals surface area contributed by atoms with Crippen LogP contribution in [-0.4, -0.2) is 25.0 Å². The highest BCUT2D eigenvalue weighted by Crippen LogP contribution is 2.35. The molecule has 0 bridgehead atoms. The van der Waals surface area contributed by atoms with Crippen molar-refractivity contribution >= 4 is 5.91 Å². The molecule has 1 unspecified atom stereocenters. The van der Waals surface area contributed by atoms with E-state index < -0.39 is 24.0 Å². The standard InChI is InChI=1S/C12H13F4NO2/c1-8(9-6-4-3-5-7-9)17-10(18)11(13,19-2)12(14,15)16/h3-8H,1-2H3,(H,17,18)/t8-,11?/m0/s1. The number of halogens is 4. The Hall–Kier alpha value is -1.63. The third kappa shape index (κ3) is 3.23. The number of carbonyl (C=O) groups is 1. The maximum absolute atomic E-state index is 13.5. The summed E-state index contributed by atoms with van der Waals surface area (Å²) in [5.41, 5.74) is 0.552. The highest BCUT2D eigenvalue weighted by molar-refractivity contribution is 5.84. The molecule has 0 aliphatic rings. The van der Waals surface area contributed by atoms with Crippen molar-refractivity contribution in [3.05, 3.63) is 35.9 Å². The molecule has 1 aromatic carbocycles. The van der Waals surface area contributed by atoms with Gasteiger partial charge in [0.05, 0.1) is 6.04 Å². The molecule has 0 aromatic heterocycles. The van der Waals surface area contributed by atoms with E-state index in [-0.39, 0.29) is 0 Å². The zero-order valence-electron chi connectivity index (χ0n) is 10.3. The Labute approximate surface area is 107 Å². The maximum Gasteiger partial charge on any atom is 0.458 e. The number of amides is 1. The van der Waals surface area contributed by atoms with Crippen molar-refractivity contribution in [2.75, 3.05) is 7.11 Å². The molecule has 0 radical (unpaired) electrons. The quantitative estimate of drug-likeness (QED) is 0.861. The minimum Gasteiger partial charge on any atom is -0.344 e. The molecule has 0 spiro atoms. The Morgan fingerprint density at radius 3 is 2.16 bits per heavy atom. The molecule has 19 heavy (non-hydrogen) atoms. The van der Waals surface area contributed by atoms with Crippen LogP contribution in [0.3, 0.4) is 0 Å². The van der Waals surface area contributed by atoms with E-state index in [2.05, 4.69) is 4.74 Å². The molecule has 3 nitrogen and oxygen atoms in total. The number of benzene rings is 1. The van der Waals surface area contributed by atoms with E-state index in [1.807, 2.05) is 5.32 Å². The summed E-state index contributed by atoms with van der Waals surface area (Å²) in [7, 11) is 0.486. The lowest BCUT2D eigenvalue weighted by molar-refractivity contribution is -0.307. The largest absolute Gasteiger partial charge is 0.458 e. The fourth-order valence-corrected chi connectivity index (χ4v) is 1.45. The summed E-state index contributed by atoms with van der Waals surface area (Å²) in [4.78, 5) is 11.4. The number of nitrogens with one attached hydrogen (secondary N) is 1. The Balaban J connectivity index is 2.85. The summed E-state index contributed by atoms with van der Waals surface area (Å²) < 4.78 is 54.6. The van der Waals surface area contributed by atoms with Crippen molar-refractivity contribution in [2.45, 2.75) is 25.0 Å². The highest BCUT2D eigenvalue weighted by atomic mass is 19.4.